The summed E-state index contributed by atoms with van der Waals surface area (Å²) in [5.74, 6) is 8.07. The highest BCUT2D eigenvalue weighted by Crippen LogP contribution is 2.35. The molecule has 27 heavy (non-hydrogen) atoms. The molecule has 0 aromatic carbocycles. The van der Waals surface area contributed by atoms with Crippen molar-refractivity contribution < 1.29 is 9.53 Å². The standard InChI is InChI=1S/C19H27N5O2S/c1-12(2)15-7-6-13(3)9-16(15)26-17(25)11-27-19-23-22-18(24(19)20)14-5-4-8-21-10-14/h4-5,8,10,12-13,15-16H,6-7,9,11,20H2,1-3H3/t13-,15-,16+/m0/s1. The van der Waals surface area contributed by atoms with E-state index in [1.54, 1.807) is 12.4 Å². The maximum absolute atomic E-state index is 12.4. The summed E-state index contributed by atoms with van der Waals surface area (Å²) < 4.78 is 7.20. The molecule has 8 heteroatoms. The van der Waals surface area contributed by atoms with Crippen LogP contribution in [0.25, 0.3) is 11.4 Å². The summed E-state index contributed by atoms with van der Waals surface area (Å²) in [5.41, 5.74) is 0.776. The summed E-state index contributed by atoms with van der Waals surface area (Å²) in [4.78, 5) is 16.5. The fourth-order valence-electron chi connectivity index (χ4n) is 3.64. The average molecular weight is 390 g/mol. The number of hydrogen-bond acceptors (Lipinski definition) is 7. The molecule has 3 atom stereocenters. The van der Waals surface area contributed by atoms with Crippen LogP contribution >= 0.6 is 11.8 Å². The second-order valence-corrected chi connectivity index (χ2v) is 8.50. The summed E-state index contributed by atoms with van der Waals surface area (Å²) in [6.07, 6.45) is 6.63. The second kappa shape index (κ2) is 8.73. The lowest BCUT2D eigenvalue weighted by molar-refractivity contribution is -0.152. The van der Waals surface area contributed by atoms with E-state index in [4.69, 9.17) is 10.6 Å². The van der Waals surface area contributed by atoms with Gasteiger partial charge in [0.25, 0.3) is 0 Å². The average Bonchev–Trinajstić information content (AvgIpc) is 3.01. The Balaban J connectivity index is 1.58. The van der Waals surface area contributed by atoms with Crippen LogP contribution in [0.5, 0.6) is 0 Å². The van der Waals surface area contributed by atoms with Gasteiger partial charge >= 0.3 is 5.97 Å². The molecule has 0 unspecified atom stereocenters. The third kappa shape index (κ3) is 4.80. The number of nitrogens with two attached hydrogens (primary N) is 1. The minimum Gasteiger partial charge on any atom is -0.461 e. The monoisotopic (exact) mass is 389 g/mol. The van der Waals surface area contributed by atoms with Gasteiger partial charge in [0.1, 0.15) is 6.10 Å². The Kier molecular flexibility index (Phi) is 6.36. The molecule has 1 fully saturated rings. The van der Waals surface area contributed by atoms with E-state index in [2.05, 4.69) is 36.0 Å². The van der Waals surface area contributed by atoms with Gasteiger partial charge in [-0.15, -0.1) is 10.2 Å². The fraction of sp³-hybridized carbons (Fsp3) is 0.579. The van der Waals surface area contributed by atoms with Crippen molar-refractivity contribution in [1.29, 1.82) is 0 Å². The van der Waals surface area contributed by atoms with Gasteiger partial charge in [-0.05, 0) is 42.7 Å². The highest BCUT2D eigenvalue weighted by atomic mass is 32.2. The molecule has 2 N–H and O–H groups in total. The van der Waals surface area contributed by atoms with Crippen LogP contribution in [-0.4, -0.2) is 37.7 Å². The third-order valence-electron chi connectivity index (χ3n) is 5.15. The number of hydrogen-bond donors (Lipinski definition) is 1. The van der Waals surface area contributed by atoms with E-state index in [9.17, 15) is 4.79 Å². The van der Waals surface area contributed by atoms with Gasteiger partial charge in [0.05, 0.1) is 5.75 Å². The number of pyridine rings is 1. The van der Waals surface area contributed by atoms with Crippen molar-refractivity contribution >= 4 is 17.7 Å². The van der Waals surface area contributed by atoms with E-state index >= 15 is 0 Å². The van der Waals surface area contributed by atoms with Crippen molar-refractivity contribution in [3.63, 3.8) is 0 Å². The highest BCUT2D eigenvalue weighted by Gasteiger charge is 2.33. The van der Waals surface area contributed by atoms with Crippen molar-refractivity contribution in [1.82, 2.24) is 19.9 Å². The Bertz CT molecular complexity index is 765. The molecule has 1 aliphatic carbocycles. The third-order valence-corrected chi connectivity index (χ3v) is 6.06. The van der Waals surface area contributed by atoms with Crippen molar-refractivity contribution in [2.75, 3.05) is 11.6 Å². The van der Waals surface area contributed by atoms with Gasteiger partial charge < -0.3 is 10.6 Å². The fourth-order valence-corrected chi connectivity index (χ4v) is 4.28. The summed E-state index contributed by atoms with van der Waals surface area (Å²) in [6.45, 7) is 6.63. The lowest BCUT2D eigenvalue weighted by atomic mass is 9.75. The summed E-state index contributed by atoms with van der Waals surface area (Å²) in [5, 5.41) is 8.66. The molecule has 0 bridgehead atoms. The number of nitrogen functional groups attached to an aromatic ring is 1. The van der Waals surface area contributed by atoms with Crippen LogP contribution in [-0.2, 0) is 9.53 Å². The number of carbonyl (C=O) groups excluding carboxylic acids is 1. The molecule has 146 valence electrons. The van der Waals surface area contributed by atoms with E-state index < -0.39 is 0 Å². The molecule has 0 aliphatic heterocycles. The molecule has 0 spiro atoms. The lowest BCUT2D eigenvalue weighted by Gasteiger charge is -2.36. The normalized spacial score (nSPS) is 22.7. The molecule has 1 aliphatic rings. The lowest BCUT2D eigenvalue weighted by Crippen LogP contribution is -2.36. The molecule has 0 amide bonds. The van der Waals surface area contributed by atoms with E-state index in [1.807, 2.05) is 12.1 Å². The Morgan fingerprint density at radius 3 is 2.93 bits per heavy atom. The van der Waals surface area contributed by atoms with E-state index in [0.29, 0.717) is 28.7 Å². The van der Waals surface area contributed by atoms with Crippen LogP contribution in [0.15, 0.2) is 29.7 Å². The second-order valence-electron chi connectivity index (χ2n) is 7.56. The topological polar surface area (TPSA) is 95.9 Å². The largest absolute Gasteiger partial charge is 0.461 e. The quantitative estimate of drug-likeness (QED) is 0.460. The molecular weight excluding hydrogens is 362 g/mol. The van der Waals surface area contributed by atoms with Crippen LogP contribution in [0.1, 0.15) is 40.0 Å². The van der Waals surface area contributed by atoms with Crippen molar-refractivity contribution in [2.24, 2.45) is 17.8 Å². The first-order chi connectivity index (χ1) is 13.0. The first-order valence-electron chi connectivity index (χ1n) is 9.39. The Hall–Kier alpha value is -2.09. The number of thioether (sulfide) groups is 1. The molecule has 7 nitrogen and oxygen atoms in total. The Morgan fingerprint density at radius 2 is 2.22 bits per heavy atom. The first-order valence-corrected chi connectivity index (χ1v) is 10.4. The van der Waals surface area contributed by atoms with Gasteiger partial charge in [-0.2, -0.15) is 0 Å². The molecule has 2 aromatic heterocycles. The van der Waals surface area contributed by atoms with Gasteiger partial charge in [0, 0.05) is 18.0 Å². The van der Waals surface area contributed by atoms with Gasteiger partial charge in [0.2, 0.25) is 5.16 Å². The molecule has 0 radical (unpaired) electrons. The molecule has 2 heterocycles. The van der Waals surface area contributed by atoms with Gasteiger partial charge in [-0.1, -0.05) is 39.0 Å². The maximum Gasteiger partial charge on any atom is 0.316 e. The molecule has 2 aromatic rings. The van der Waals surface area contributed by atoms with Crippen LogP contribution in [0, 0.1) is 17.8 Å². The van der Waals surface area contributed by atoms with Crippen molar-refractivity contribution in [3.8, 4) is 11.4 Å². The van der Waals surface area contributed by atoms with Gasteiger partial charge in [-0.25, -0.2) is 4.68 Å². The first kappa shape index (κ1) is 19.7. The number of carbonyl (C=O) groups is 1. The minimum absolute atomic E-state index is 0.00329. The molecule has 0 saturated heterocycles. The zero-order valence-electron chi connectivity index (χ0n) is 16.0. The van der Waals surface area contributed by atoms with Crippen LogP contribution < -0.4 is 5.84 Å². The van der Waals surface area contributed by atoms with Crippen molar-refractivity contribution in [3.05, 3.63) is 24.5 Å². The van der Waals surface area contributed by atoms with Crippen molar-refractivity contribution in [2.45, 2.75) is 51.3 Å². The minimum atomic E-state index is -0.226. The predicted molar refractivity (Wildman–Crippen MR) is 105 cm³/mol. The smallest absolute Gasteiger partial charge is 0.316 e. The number of nitrogens with zero attached hydrogens (tertiary/aromatic N) is 4. The predicted octanol–water partition coefficient (Wildman–Crippen LogP) is 3.15. The Labute approximate surface area is 164 Å². The summed E-state index contributed by atoms with van der Waals surface area (Å²) >= 11 is 1.24. The van der Waals surface area contributed by atoms with Crippen LogP contribution in [0.4, 0.5) is 0 Å². The van der Waals surface area contributed by atoms with Crippen LogP contribution in [0.3, 0.4) is 0 Å². The zero-order valence-corrected chi connectivity index (χ0v) is 16.9. The number of rotatable bonds is 6. The summed E-state index contributed by atoms with van der Waals surface area (Å²) in [7, 11) is 0. The number of aromatic nitrogens is 4. The zero-order chi connectivity index (χ0) is 19.4. The highest BCUT2D eigenvalue weighted by molar-refractivity contribution is 7.99. The van der Waals surface area contributed by atoms with Gasteiger partial charge in [0.15, 0.2) is 5.82 Å². The number of ether oxygens (including phenoxy) is 1. The van der Waals surface area contributed by atoms with E-state index in [1.165, 1.54) is 22.9 Å². The SMILES string of the molecule is CC(C)[C@@H]1CC[C@H](C)C[C@H]1OC(=O)CSc1nnc(-c2cccnc2)n1N. The van der Waals surface area contributed by atoms with Gasteiger partial charge in [-0.3, -0.25) is 9.78 Å². The summed E-state index contributed by atoms with van der Waals surface area (Å²) in [6, 6.07) is 3.67. The van der Waals surface area contributed by atoms with E-state index in [-0.39, 0.29) is 17.8 Å². The van der Waals surface area contributed by atoms with E-state index in [0.717, 1.165) is 18.4 Å². The maximum atomic E-state index is 12.4. The van der Waals surface area contributed by atoms with Crippen LogP contribution in [0.2, 0.25) is 0 Å². The molecular formula is C19H27N5O2S. The molecule has 1 saturated carbocycles. The number of esters is 1. The Morgan fingerprint density at radius 1 is 1.41 bits per heavy atom. The molecule has 3 rings (SSSR count).